The summed E-state index contributed by atoms with van der Waals surface area (Å²) in [6, 6.07) is 0. The van der Waals surface area contributed by atoms with Gasteiger partial charge in [-0.15, -0.1) is 36.4 Å². The summed E-state index contributed by atoms with van der Waals surface area (Å²) in [7, 11) is 0. The van der Waals surface area contributed by atoms with E-state index < -0.39 is 0 Å². The second-order valence-electron chi connectivity index (χ2n) is 0. The fourth-order valence-electron chi connectivity index (χ4n) is 0. The van der Waals surface area contributed by atoms with Crippen molar-refractivity contribution in [1.82, 2.24) is 0 Å². The standard InChI is InChI=1S/Bi.ClH.HI.O/h;2*1H;. The summed E-state index contributed by atoms with van der Waals surface area (Å²) in [5, 5.41) is 0. The van der Waals surface area contributed by atoms with Gasteiger partial charge in [-0.3, -0.25) is 0 Å². The van der Waals surface area contributed by atoms with Crippen molar-refractivity contribution >= 4 is 61.1 Å². The van der Waals surface area contributed by atoms with Gasteiger partial charge in [0.1, 0.15) is 0 Å². The molecular formula is H2BiClIO. The van der Waals surface area contributed by atoms with Crippen molar-refractivity contribution in [2.45, 2.75) is 0 Å². The summed E-state index contributed by atoms with van der Waals surface area (Å²) in [5.74, 6) is 0. The molecule has 0 aliphatic heterocycles. The molecule has 0 aromatic carbocycles. The van der Waals surface area contributed by atoms with Crippen LogP contribution in [-0.2, 0) is 2.81 Å². The molecule has 0 aliphatic carbocycles. The number of rotatable bonds is 0. The molecule has 0 rings (SSSR count). The van der Waals surface area contributed by atoms with Gasteiger partial charge in [-0.05, 0) is 0 Å². The molecule has 0 bridgehead atoms. The van der Waals surface area contributed by atoms with Crippen molar-refractivity contribution in [3.05, 3.63) is 0 Å². The molecule has 0 fully saturated rings. The Morgan fingerprint density at radius 1 is 1.25 bits per heavy atom. The van der Waals surface area contributed by atoms with E-state index in [2.05, 4.69) is 0 Å². The van der Waals surface area contributed by atoms with Gasteiger partial charge in [-0.1, -0.05) is 0 Å². The van der Waals surface area contributed by atoms with Gasteiger partial charge in [-0.2, -0.15) is 0 Å². The van der Waals surface area contributed by atoms with Crippen molar-refractivity contribution in [3.63, 3.8) is 0 Å². The molecule has 0 unspecified atom stereocenters. The topological polar surface area (TPSA) is 17.1 Å². The van der Waals surface area contributed by atoms with E-state index in [0.29, 0.717) is 0 Å². The van der Waals surface area contributed by atoms with Gasteiger partial charge >= 0.3 is 27.5 Å². The van der Waals surface area contributed by atoms with Crippen LogP contribution in [0.1, 0.15) is 0 Å². The number of halogens is 2. The molecule has 0 amide bonds. The molecule has 0 aromatic rings. The number of hydrogen-bond donors (Lipinski definition) is 0. The Kier molecular flexibility index (Phi) is 96.0. The van der Waals surface area contributed by atoms with E-state index in [1.54, 1.807) is 0 Å². The van der Waals surface area contributed by atoms with Gasteiger partial charge < -0.3 is 0 Å². The Morgan fingerprint density at radius 3 is 1.25 bits per heavy atom. The van der Waals surface area contributed by atoms with Crippen LogP contribution in [0.25, 0.3) is 0 Å². The third-order valence-electron chi connectivity index (χ3n) is 0. The molecule has 27 valence electrons. The van der Waals surface area contributed by atoms with Gasteiger partial charge in [0.25, 0.3) is 0 Å². The average Bonchev–Trinajstić information content (AvgIpc) is 1.00. The molecular weight excluding hydrogens is 387 g/mol. The Bertz CT molecular complexity index is 8.00. The van der Waals surface area contributed by atoms with E-state index in [9.17, 15) is 0 Å². The normalized spacial score (nSPS) is 1.00. The first-order valence-corrected chi connectivity index (χ1v) is 1.60. The average molecular weight is 389 g/mol. The second kappa shape index (κ2) is 22.2. The molecule has 0 aliphatic rings. The molecule has 1 nitrogen and oxygen atoms in total. The van der Waals surface area contributed by atoms with Crippen molar-refractivity contribution in [2.75, 3.05) is 0 Å². The molecule has 0 saturated carbocycles. The predicted molar refractivity (Wildman–Crippen MR) is 29.1 cm³/mol. The molecule has 0 aromatic heterocycles. The second-order valence-corrected chi connectivity index (χ2v) is 0. The van der Waals surface area contributed by atoms with Gasteiger partial charge in [-0.25, -0.2) is 0 Å². The minimum atomic E-state index is 0. The van der Waals surface area contributed by atoms with E-state index in [1.807, 2.05) is 0 Å². The maximum atomic E-state index is 8.36. The van der Waals surface area contributed by atoms with Crippen molar-refractivity contribution in [2.24, 2.45) is 0 Å². The zero-order chi connectivity index (χ0) is 2.00. The zero-order valence-electron chi connectivity index (χ0n) is 1.67. The summed E-state index contributed by atoms with van der Waals surface area (Å²) >= 11 is 0.194. The summed E-state index contributed by atoms with van der Waals surface area (Å²) in [4.78, 5) is 0. The van der Waals surface area contributed by atoms with Crippen LogP contribution in [0.15, 0.2) is 0 Å². The Hall–Kier alpha value is 1.70. The first-order chi connectivity index (χ1) is 1.00. The number of hydrogen-bond acceptors (Lipinski definition) is 1. The first kappa shape index (κ1) is 17.3. The monoisotopic (exact) mass is 389 g/mol. The van der Waals surface area contributed by atoms with Crippen LogP contribution < -0.4 is 0 Å². The molecule has 0 heterocycles. The minimum absolute atomic E-state index is 0. The van der Waals surface area contributed by atoms with E-state index in [4.69, 9.17) is 2.81 Å². The summed E-state index contributed by atoms with van der Waals surface area (Å²) in [5.41, 5.74) is 0. The Labute approximate surface area is 63.3 Å². The fourth-order valence-corrected chi connectivity index (χ4v) is 0. The molecule has 0 spiro atoms. The Balaban J connectivity index is -0.00000000500. The quantitative estimate of drug-likeness (QED) is 0.437. The van der Waals surface area contributed by atoms with Gasteiger partial charge in [0.05, 0.1) is 0 Å². The Morgan fingerprint density at radius 2 is 1.25 bits per heavy atom. The summed E-state index contributed by atoms with van der Waals surface area (Å²) in [6.07, 6.45) is 0. The first-order valence-electron chi connectivity index (χ1n) is 0.183. The van der Waals surface area contributed by atoms with Crippen LogP contribution in [0.4, 0.5) is 0 Å². The molecule has 4 heteroatoms. The fraction of sp³-hybridized carbons (Fsp3) is 0. The maximum absolute atomic E-state index is 8.36. The van der Waals surface area contributed by atoms with Crippen LogP contribution in [0.3, 0.4) is 0 Å². The van der Waals surface area contributed by atoms with Gasteiger partial charge in [0, 0.05) is 0 Å². The summed E-state index contributed by atoms with van der Waals surface area (Å²) in [6.45, 7) is 0. The third-order valence-corrected chi connectivity index (χ3v) is 0. The molecule has 1 radical (unpaired) electrons. The SMILES string of the molecule is Cl.I.[O]=[Bi]. The van der Waals surface area contributed by atoms with E-state index in [-0.39, 0.29) is 61.1 Å². The van der Waals surface area contributed by atoms with E-state index in [1.165, 1.54) is 0 Å². The molecule has 0 saturated heterocycles. The molecule has 4 heavy (non-hydrogen) atoms. The van der Waals surface area contributed by atoms with Gasteiger partial charge in [0.15, 0.2) is 0 Å². The van der Waals surface area contributed by atoms with Crippen LogP contribution >= 0.6 is 36.4 Å². The van der Waals surface area contributed by atoms with Crippen molar-refractivity contribution in [1.29, 1.82) is 0 Å². The third kappa shape index (κ3) is 9.33. The van der Waals surface area contributed by atoms with Crippen LogP contribution in [-0.4, -0.2) is 24.7 Å². The van der Waals surface area contributed by atoms with E-state index in [0.717, 1.165) is 0 Å². The zero-order valence-corrected chi connectivity index (χ0v) is 8.30. The van der Waals surface area contributed by atoms with Crippen LogP contribution in [0.2, 0.25) is 0 Å². The van der Waals surface area contributed by atoms with Gasteiger partial charge in [0.2, 0.25) is 0 Å². The van der Waals surface area contributed by atoms with Crippen LogP contribution in [0, 0.1) is 0 Å². The predicted octanol–water partition coefficient (Wildman–Crippen LogP) is 0.540. The summed E-state index contributed by atoms with van der Waals surface area (Å²) < 4.78 is 8.36. The molecule has 0 N–H and O–H groups in total. The van der Waals surface area contributed by atoms with Crippen LogP contribution in [0.5, 0.6) is 0 Å². The van der Waals surface area contributed by atoms with E-state index >= 15 is 0 Å². The van der Waals surface area contributed by atoms with Crippen molar-refractivity contribution < 1.29 is 2.81 Å². The van der Waals surface area contributed by atoms with Crippen molar-refractivity contribution in [3.8, 4) is 0 Å². The molecule has 0 atom stereocenters.